The van der Waals surface area contributed by atoms with Crippen molar-refractivity contribution in [3.63, 3.8) is 0 Å². The topological polar surface area (TPSA) is 54.0 Å². The van der Waals surface area contributed by atoms with Gasteiger partial charge in [0.25, 0.3) is 0 Å². The molecule has 130 valence electrons. The molecule has 1 fully saturated rings. The van der Waals surface area contributed by atoms with E-state index in [9.17, 15) is 4.79 Å². The first-order valence-corrected chi connectivity index (χ1v) is 11.6. The number of carbonyl (C=O) groups is 1. The SMILES string of the molecule is CCOC(=O)COc1cccc(C#C[Si](C)(C)C)c1C1OCCO1. The number of esters is 1. The molecule has 2 rings (SSSR count). The lowest BCUT2D eigenvalue weighted by atomic mass is 10.1. The predicted octanol–water partition coefficient (Wildman–Crippen LogP) is 2.90. The van der Waals surface area contributed by atoms with Crippen LogP contribution in [0, 0.1) is 11.5 Å². The molecule has 5 nitrogen and oxygen atoms in total. The van der Waals surface area contributed by atoms with E-state index in [0.29, 0.717) is 25.6 Å². The average Bonchev–Trinajstić information content (AvgIpc) is 3.04. The van der Waals surface area contributed by atoms with Crippen LogP contribution in [0.5, 0.6) is 5.75 Å². The summed E-state index contributed by atoms with van der Waals surface area (Å²) >= 11 is 0. The Bertz CT molecular complexity index is 633. The molecule has 1 saturated heterocycles. The Morgan fingerprint density at radius 2 is 2.00 bits per heavy atom. The summed E-state index contributed by atoms with van der Waals surface area (Å²) in [5.74, 6) is 3.37. The summed E-state index contributed by atoms with van der Waals surface area (Å²) in [5.41, 5.74) is 4.90. The molecule has 0 bridgehead atoms. The molecule has 0 radical (unpaired) electrons. The van der Waals surface area contributed by atoms with E-state index in [0.717, 1.165) is 11.1 Å². The molecule has 1 aromatic rings. The fourth-order valence-corrected chi connectivity index (χ4v) is 2.65. The minimum Gasteiger partial charge on any atom is -0.481 e. The van der Waals surface area contributed by atoms with E-state index in [1.807, 2.05) is 12.1 Å². The number of benzene rings is 1. The fraction of sp³-hybridized carbons (Fsp3) is 0.500. The molecule has 1 heterocycles. The van der Waals surface area contributed by atoms with E-state index in [-0.39, 0.29) is 6.61 Å². The molecule has 1 aromatic carbocycles. The van der Waals surface area contributed by atoms with Crippen molar-refractivity contribution in [3.05, 3.63) is 29.3 Å². The summed E-state index contributed by atoms with van der Waals surface area (Å²) < 4.78 is 21.8. The van der Waals surface area contributed by atoms with E-state index < -0.39 is 20.3 Å². The van der Waals surface area contributed by atoms with Crippen molar-refractivity contribution in [3.8, 4) is 17.2 Å². The summed E-state index contributed by atoms with van der Waals surface area (Å²) in [7, 11) is -1.52. The van der Waals surface area contributed by atoms with Crippen LogP contribution in [0.2, 0.25) is 19.6 Å². The van der Waals surface area contributed by atoms with Gasteiger partial charge in [0, 0.05) is 5.56 Å². The van der Waals surface area contributed by atoms with Gasteiger partial charge in [-0.15, -0.1) is 5.54 Å². The summed E-state index contributed by atoms with van der Waals surface area (Å²) in [6.45, 7) is 9.53. The third-order valence-electron chi connectivity index (χ3n) is 3.15. The standard InChI is InChI=1S/C18H24O5Si/c1-5-20-16(19)13-23-15-8-6-7-14(9-12-24(2,3)4)17(15)18-21-10-11-22-18/h6-8,18H,5,10-11,13H2,1-4H3. The van der Waals surface area contributed by atoms with Crippen molar-refractivity contribution >= 4 is 14.0 Å². The van der Waals surface area contributed by atoms with Gasteiger partial charge in [0.2, 0.25) is 0 Å². The molecular weight excluding hydrogens is 324 g/mol. The largest absolute Gasteiger partial charge is 0.481 e. The molecular formula is C18H24O5Si. The molecule has 0 aromatic heterocycles. The van der Waals surface area contributed by atoms with Crippen LogP contribution in [-0.2, 0) is 19.0 Å². The second kappa shape index (κ2) is 8.33. The molecule has 0 N–H and O–H groups in total. The Morgan fingerprint density at radius 1 is 1.29 bits per heavy atom. The van der Waals surface area contributed by atoms with Gasteiger partial charge in [0.1, 0.15) is 13.8 Å². The van der Waals surface area contributed by atoms with E-state index in [1.54, 1.807) is 13.0 Å². The Morgan fingerprint density at radius 3 is 2.62 bits per heavy atom. The molecule has 1 aliphatic rings. The monoisotopic (exact) mass is 348 g/mol. The van der Waals surface area contributed by atoms with E-state index in [4.69, 9.17) is 18.9 Å². The second-order valence-electron chi connectivity index (χ2n) is 6.38. The zero-order valence-electron chi connectivity index (χ0n) is 14.7. The smallest absolute Gasteiger partial charge is 0.344 e. The number of hydrogen-bond acceptors (Lipinski definition) is 5. The maximum atomic E-state index is 11.6. The van der Waals surface area contributed by atoms with Gasteiger partial charge in [-0.05, 0) is 19.1 Å². The third-order valence-corrected chi connectivity index (χ3v) is 4.02. The van der Waals surface area contributed by atoms with Gasteiger partial charge < -0.3 is 18.9 Å². The molecule has 0 aliphatic carbocycles. The fourth-order valence-electron chi connectivity index (χ4n) is 2.14. The summed E-state index contributed by atoms with van der Waals surface area (Å²) in [5, 5.41) is 0. The van der Waals surface area contributed by atoms with Gasteiger partial charge >= 0.3 is 5.97 Å². The van der Waals surface area contributed by atoms with Gasteiger partial charge in [0.05, 0.1) is 25.4 Å². The summed E-state index contributed by atoms with van der Waals surface area (Å²) in [6, 6.07) is 5.57. The minimum absolute atomic E-state index is 0.154. The normalized spacial score (nSPS) is 14.8. The van der Waals surface area contributed by atoms with Crippen molar-refractivity contribution in [2.24, 2.45) is 0 Å². The Hall–Kier alpha value is -1.81. The lowest BCUT2D eigenvalue weighted by molar-refractivity contribution is -0.145. The Labute approximate surface area is 144 Å². The van der Waals surface area contributed by atoms with Gasteiger partial charge in [-0.1, -0.05) is 31.6 Å². The Balaban J connectivity index is 2.31. The minimum atomic E-state index is -1.52. The van der Waals surface area contributed by atoms with E-state index in [1.165, 1.54) is 0 Å². The number of carbonyl (C=O) groups excluding carboxylic acids is 1. The highest BCUT2D eigenvalue weighted by Gasteiger charge is 2.25. The van der Waals surface area contributed by atoms with Crippen molar-refractivity contribution < 1.29 is 23.7 Å². The van der Waals surface area contributed by atoms with Gasteiger partial charge in [-0.3, -0.25) is 0 Å². The lowest BCUT2D eigenvalue weighted by Gasteiger charge is -2.17. The first kappa shape index (κ1) is 18.5. The molecule has 6 heteroatoms. The third kappa shape index (κ3) is 5.37. The number of hydrogen-bond donors (Lipinski definition) is 0. The summed E-state index contributed by atoms with van der Waals surface area (Å²) in [6.07, 6.45) is -0.519. The zero-order valence-corrected chi connectivity index (χ0v) is 15.7. The lowest BCUT2D eigenvalue weighted by Crippen LogP contribution is -2.17. The van der Waals surface area contributed by atoms with Crippen molar-refractivity contribution in [1.82, 2.24) is 0 Å². The van der Waals surface area contributed by atoms with Crippen LogP contribution in [0.3, 0.4) is 0 Å². The van der Waals surface area contributed by atoms with Crippen molar-refractivity contribution in [2.45, 2.75) is 32.9 Å². The number of ether oxygens (including phenoxy) is 4. The van der Waals surface area contributed by atoms with E-state index in [2.05, 4.69) is 31.1 Å². The summed E-state index contributed by atoms with van der Waals surface area (Å²) in [4.78, 5) is 11.6. The van der Waals surface area contributed by atoms with Crippen LogP contribution in [-0.4, -0.2) is 40.5 Å². The van der Waals surface area contributed by atoms with Crippen molar-refractivity contribution in [2.75, 3.05) is 26.4 Å². The van der Waals surface area contributed by atoms with Gasteiger partial charge in [-0.2, -0.15) is 0 Å². The molecule has 1 aliphatic heterocycles. The highest BCUT2D eigenvalue weighted by molar-refractivity contribution is 6.83. The molecule has 0 atom stereocenters. The van der Waals surface area contributed by atoms with Crippen LogP contribution in [0.4, 0.5) is 0 Å². The quantitative estimate of drug-likeness (QED) is 0.465. The maximum absolute atomic E-state index is 11.6. The highest BCUT2D eigenvalue weighted by Crippen LogP contribution is 2.34. The van der Waals surface area contributed by atoms with Gasteiger partial charge in [0.15, 0.2) is 12.9 Å². The second-order valence-corrected chi connectivity index (χ2v) is 11.1. The first-order valence-electron chi connectivity index (χ1n) is 8.08. The van der Waals surface area contributed by atoms with Crippen LogP contribution in [0.15, 0.2) is 18.2 Å². The van der Waals surface area contributed by atoms with E-state index >= 15 is 0 Å². The van der Waals surface area contributed by atoms with Crippen LogP contribution in [0.25, 0.3) is 0 Å². The molecule has 24 heavy (non-hydrogen) atoms. The van der Waals surface area contributed by atoms with Crippen LogP contribution >= 0.6 is 0 Å². The average molecular weight is 348 g/mol. The molecule has 0 saturated carbocycles. The van der Waals surface area contributed by atoms with Crippen LogP contribution < -0.4 is 4.74 Å². The Kier molecular flexibility index (Phi) is 6.43. The zero-order chi connectivity index (χ0) is 17.6. The molecule has 0 amide bonds. The molecule has 0 unspecified atom stereocenters. The number of rotatable bonds is 5. The highest BCUT2D eigenvalue weighted by atomic mass is 28.3. The van der Waals surface area contributed by atoms with Gasteiger partial charge in [-0.25, -0.2) is 4.79 Å². The van der Waals surface area contributed by atoms with Crippen LogP contribution in [0.1, 0.15) is 24.3 Å². The maximum Gasteiger partial charge on any atom is 0.344 e. The predicted molar refractivity (Wildman–Crippen MR) is 93.4 cm³/mol. The first-order chi connectivity index (χ1) is 11.4. The van der Waals surface area contributed by atoms with Crippen molar-refractivity contribution in [1.29, 1.82) is 0 Å². The molecule has 0 spiro atoms.